The Labute approximate surface area is 251 Å². The number of hydrogen-bond donors (Lipinski definition) is 3. The molecule has 0 saturated carbocycles. The molecule has 3 aliphatic rings. The summed E-state index contributed by atoms with van der Waals surface area (Å²) in [5.41, 5.74) is -1.70. The Morgan fingerprint density at radius 2 is 0.714 bits per heavy atom. The fourth-order valence-corrected chi connectivity index (χ4v) is 6.68. The summed E-state index contributed by atoms with van der Waals surface area (Å²) < 4.78 is 18.1. The minimum atomic E-state index is -0.704. The summed E-state index contributed by atoms with van der Waals surface area (Å²) in [4.78, 5) is 40.7. The molecule has 9 heteroatoms. The summed E-state index contributed by atoms with van der Waals surface area (Å²) in [5.74, 6) is -1.10. The Morgan fingerprint density at radius 1 is 0.500 bits per heavy atom. The van der Waals surface area contributed by atoms with Crippen molar-refractivity contribution in [1.82, 2.24) is 16.0 Å². The second-order valence-electron chi connectivity index (χ2n) is 13.9. The van der Waals surface area contributed by atoms with Gasteiger partial charge in [-0.3, -0.25) is 0 Å². The molecule has 0 aromatic heterocycles. The number of nitrogens with one attached hydrogen (secondary N) is 3. The van der Waals surface area contributed by atoms with Crippen LogP contribution in [0.1, 0.15) is 111 Å². The highest BCUT2D eigenvalue weighted by Gasteiger charge is 2.38. The number of rotatable bonds is 9. The lowest BCUT2D eigenvalue weighted by Crippen LogP contribution is -2.43. The van der Waals surface area contributed by atoms with Gasteiger partial charge in [-0.1, -0.05) is 0 Å². The Hall–Kier alpha value is -2.49. The third kappa shape index (κ3) is 8.11. The van der Waals surface area contributed by atoms with Crippen LogP contribution in [-0.4, -0.2) is 74.0 Å². The quantitative estimate of drug-likeness (QED) is 0.285. The first-order chi connectivity index (χ1) is 19.8. The van der Waals surface area contributed by atoms with Gasteiger partial charge in [-0.05, 0) is 138 Å². The van der Waals surface area contributed by atoms with Crippen molar-refractivity contribution in [2.45, 2.75) is 96.9 Å². The van der Waals surface area contributed by atoms with Crippen molar-refractivity contribution in [1.29, 1.82) is 0 Å². The average molecular weight is 586 g/mol. The highest BCUT2D eigenvalue weighted by molar-refractivity contribution is 6.00. The predicted octanol–water partition coefficient (Wildman–Crippen LogP) is 4.49. The molecule has 0 radical (unpaired) electrons. The maximum Gasteiger partial charge on any atom is 0.338 e. The van der Waals surface area contributed by atoms with E-state index in [1.54, 1.807) is 0 Å². The molecule has 9 nitrogen and oxygen atoms in total. The summed E-state index contributed by atoms with van der Waals surface area (Å²) in [6.45, 7) is 16.8. The Bertz CT molecular complexity index is 962. The molecule has 1 aromatic carbocycles. The molecule has 1 aromatic rings. The zero-order valence-electron chi connectivity index (χ0n) is 26.4. The van der Waals surface area contributed by atoms with E-state index in [2.05, 4.69) is 16.0 Å². The van der Waals surface area contributed by atoms with Gasteiger partial charge in [-0.2, -0.15) is 0 Å². The lowest BCUT2D eigenvalue weighted by molar-refractivity contribution is -0.0368. The molecule has 42 heavy (non-hydrogen) atoms. The van der Waals surface area contributed by atoms with Crippen molar-refractivity contribution in [3.63, 3.8) is 0 Å². The first-order valence-electron chi connectivity index (χ1n) is 15.8. The standard InChI is InChI=1S/C33H51N3O6/c1-31(2,25-7-13-34-14-8-25)40-28(37)22-19-23(29(38)41-32(3,4)26-9-15-35-16-10-26)21-24(20-22)30(39)42-33(5,6)27-11-17-36-18-12-27/h19-21,25-27,34-36H,7-18H2,1-6H3. The number of benzene rings is 1. The summed E-state index contributed by atoms with van der Waals surface area (Å²) in [6, 6.07) is 4.45. The van der Waals surface area contributed by atoms with E-state index >= 15 is 0 Å². The Morgan fingerprint density at radius 3 is 0.929 bits per heavy atom. The SMILES string of the molecule is CC(C)(OC(=O)c1cc(C(=O)OC(C)(C)C2CCNCC2)cc(C(=O)OC(C)(C)C2CCNCC2)c1)C1CCNCC1. The molecule has 4 rings (SSSR count). The van der Waals surface area contributed by atoms with Gasteiger partial charge in [0.05, 0.1) is 16.7 Å². The largest absolute Gasteiger partial charge is 0.456 e. The molecule has 3 heterocycles. The van der Waals surface area contributed by atoms with E-state index in [0.717, 1.165) is 77.8 Å². The number of esters is 3. The van der Waals surface area contributed by atoms with Gasteiger partial charge >= 0.3 is 17.9 Å². The predicted molar refractivity (Wildman–Crippen MR) is 162 cm³/mol. The van der Waals surface area contributed by atoms with Crippen LogP contribution in [-0.2, 0) is 14.2 Å². The lowest BCUT2D eigenvalue weighted by Gasteiger charge is -2.37. The molecule has 0 spiro atoms. The number of piperidine rings is 3. The normalized spacial score (nSPS) is 20.1. The zero-order chi connectivity index (χ0) is 30.5. The number of hydrogen-bond acceptors (Lipinski definition) is 9. The van der Waals surface area contributed by atoms with Gasteiger partial charge in [0.1, 0.15) is 16.8 Å². The van der Waals surface area contributed by atoms with E-state index < -0.39 is 34.7 Å². The fourth-order valence-electron chi connectivity index (χ4n) is 6.68. The van der Waals surface area contributed by atoms with Gasteiger partial charge in [0, 0.05) is 17.8 Å². The number of carbonyl (C=O) groups excluding carboxylic acids is 3. The van der Waals surface area contributed by atoms with Gasteiger partial charge in [-0.15, -0.1) is 0 Å². The van der Waals surface area contributed by atoms with Crippen molar-refractivity contribution >= 4 is 17.9 Å². The van der Waals surface area contributed by atoms with Crippen molar-refractivity contribution in [3.05, 3.63) is 34.9 Å². The minimum absolute atomic E-state index is 0.137. The van der Waals surface area contributed by atoms with Gasteiger partial charge in [0.25, 0.3) is 0 Å². The summed E-state index contributed by atoms with van der Waals surface area (Å²) in [5, 5.41) is 10.0. The molecule has 0 unspecified atom stereocenters. The van der Waals surface area contributed by atoms with Crippen molar-refractivity contribution < 1.29 is 28.6 Å². The highest BCUT2D eigenvalue weighted by atomic mass is 16.6. The second kappa shape index (κ2) is 13.4. The fraction of sp³-hybridized carbons (Fsp3) is 0.727. The lowest BCUT2D eigenvalue weighted by atomic mass is 9.83. The first-order valence-corrected chi connectivity index (χ1v) is 15.8. The number of carbonyl (C=O) groups is 3. The van der Waals surface area contributed by atoms with E-state index in [4.69, 9.17) is 14.2 Å². The van der Waals surface area contributed by atoms with Gasteiger partial charge < -0.3 is 30.2 Å². The molecule has 3 saturated heterocycles. The smallest absolute Gasteiger partial charge is 0.338 e. The van der Waals surface area contributed by atoms with Crippen molar-refractivity contribution in [2.24, 2.45) is 17.8 Å². The Kier molecular flexibility index (Phi) is 10.4. The molecular formula is C33H51N3O6. The van der Waals surface area contributed by atoms with Crippen LogP contribution in [0.3, 0.4) is 0 Å². The van der Waals surface area contributed by atoms with Crippen LogP contribution in [0.5, 0.6) is 0 Å². The maximum absolute atomic E-state index is 13.6. The van der Waals surface area contributed by atoms with Gasteiger partial charge in [0.2, 0.25) is 0 Å². The molecule has 0 aliphatic carbocycles. The summed E-state index contributed by atoms with van der Waals surface area (Å²) in [7, 11) is 0. The molecule has 3 fully saturated rings. The molecule has 3 N–H and O–H groups in total. The van der Waals surface area contributed by atoms with E-state index in [1.807, 2.05) is 41.5 Å². The summed E-state index contributed by atoms with van der Waals surface area (Å²) >= 11 is 0. The van der Waals surface area contributed by atoms with E-state index in [9.17, 15) is 14.4 Å². The average Bonchev–Trinajstić information content (AvgIpc) is 2.97. The second-order valence-corrected chi connectivity index (χ2v) is 13.9. The Balaban J connectivity index is 1.60. The third-order valence-electron chi connectivity index (χ3n) is 9.67. The van der Waals surface area contributed by atoms with Crippen molar-refractivity contribution in [3.8, 4) is 0 Å². The molecule has 0 amide bonds. The van der Waals surface area contributed by atoms with Crippen molar-refractivity contribution in [2.75, 3.05) is 39.3 Å². The van der Waals surface area contributed by atoms with Gasteiger partial charge in [-0.25, -0.2) is 14.4 Å². The molecular weight excluding hydrogens is 534 g/mol. The van der Waals surface area contributed by atoms with Gasteiger partial charge in [0.15, 0.2) is 0 Å². The van der Waals surface area contributed by atoms with E-state index in [-0.39, 0.29) is 34.4 Å². The molecule has 234 valence electrons. The first kappa shape index (κ1) is 32.4. The molecule has 0 bridgehead atoms. The molecule has 3 aliphatic heterocycles. The van der Waals surface area contributed by atoms with E-state index in [0.29, 0.717) is 0 Å². The maximum atomic E-state index is 13.6. The zero-order valence-corrected chi connectivity index (χ0v) is 26.4. The molecule has 0 atom stereocenters. The van der Waals surface area contributed by atoms with Crippen LogP contribution < -0.4 is 16.0 Å². The monoisotopic (exact) mass is 585 g/mol. The van der Waals surface area contributed by atoms with E-state index in [1.165, 1.54) is 18.2 Å². The summed E-state index contributed by atoms with van der Waals surface area (Å²) in [6.07, 6.45) is 5.43. The van der Waals surface area contributed by atoms with Crippen LogP contribution in [0.4, 0.5) is 0 Å². The number of ether oxygens (including phenoxy) is 3. The third-order valence-corrected chi connectivity index (χ3v) is 9.67. The van der Waals surface area contributed by atoms with Crippen LogP contribution >= 0.6 is 0 Å². The van der Waals surface area contributed by atoms with Crippen LogP contribution in [0, 0.1) is 17.8 Å². The minimum Gasteiger partial charge on any atom is -0.456 e. The highest BCUT2D eigenvalue weighted by Crippen LogP contribution is 2.33. The van der Waals surface area contributed by atoms with Crippen LogP contribution in [0.2, 0.25) is 0 Å². The van der Waals surface area contributed by atoms with Crippen LogP contribution in [0.25, 0.3) is 0 Å². The van der Waals surface area contributed by atoms with Crippen LogP contribution in [0.15, 0.2) is 18.2 Å². The topological polar surface area (TPSA) is 115 Å².